The molecule has 1 heterocycles. The van der Waals surface area contributed by atoms with Gasteiger partial charge in [-0.15, -0.1) is 0 Å². The number of carboxylic acid groups (broad SMARTS) is 2. The smallest absolute Gasteiger partial charge is 0.258 e. The van der Waals surface area contributed by atoms with Gasteiger partial charge in [0.05, 0.1) is 18.0 Å². The number of hydrogen-bond acceptors (Lipinski definition) is 5. The predicted octanol–water partition coefficient (Wildman–Crippen LogP) is 1.50. The molecule has 0 spiro atoms. The molecule has 2 aliphatic rings. The van der Waals surface area contributed by atoms with Crippen molar-refractivity contribution >= 4 is 18.5 Å². The number of aldehydes is 1. The molecule has 0 aromatic heterocycles. The van der Waals surface area contributed by atoms with Crippen LogP contribution < -0.4 is 10.2 Å². The van der Waals surface area contributed by atoms with Gasteiger partial charge in [-0.05, 0) is 43.0 Å². The Kier molecular flexibility index (Phi) is 5.22. The molecule has 7 nitrogen and oxygen atoms in total. The van der Waals surface area contributed by atoms with E-state index >= 15 is 0 Å². The van der Waals surface area contributed by atoms with Crippen LogP contribution in [0.5, 0.6) is 0 Å². The molecule has 3 atom stereocenters. The zero-order valence-corrected chi connectivity index (χ0v) is 18.6. The zero-order valence-electron chi connectivity index (χ0n) is 18.6. The van der Waals surface area contributed by atoms with Crippen molar-refractivity contribution in [2.45, 2.75) is 38.3 Å². The van der Waals surface area contributed by atoms with Crippen LogP contribution in [0.4, 0.5) is 9.59 Å². The van der Waals surface area contributed by atoms with E-state index in [2.05, 4.69) is 0 Å². The van der Waals surface area contributed by atoms with Crippen LogP contribution in [-0.4, -0.2) is 65.2 Å². The minimum Gasteiger partial charge on any atom is -0.498 e. The summed E-state index contributed by atoms with van der Waals surface area (Å²) in [6, 6.07) is 14.8. The van der Waals surface area contributed by atoms with Gasteiger partial charge in [-0.2, -0.15) is 0 Å². The Morgan fingerprint density at radius 2 is 1.47 bits per heavy atom. The average Bonchev–Trinajstić information content (AvgIpc) is 3.06. The molecule has 2 aromatic rings. The summed E-state index contributed by atoms with van der Waals surface area (Å²) < 4.78 is -1.07. The molecule has 1 aliphatic carbocycles. The second kappa shape index (κ2) is 7.53. The molecule has 2 amide bonds. The van der Waals surface area contributed by atoms with Gasteiger partial charge in [0.1, 0.15) is 19.6 Å². The third-order valence-corrected chi connectivity index (χ3v) is 7.55. The summed E-state index contributed by atoms with van der Waals surface area (Å²) in [5.74, 6) is -0.190. The first-order chi connectivity index (χ1) is 15.1. The molecule has 3 unspecified atom stereocenters. The number of hydrogen-bond donors (Lipinski definition) is 0. The molecule has 32 heavy (non-hydrogen) atoms. The number of carbonyl (C=O) groups is 3. The maximum Gasteiger partial charge on any atom is 0.258 e. The maximum absolute atomic E-state index is 12.6. The van der Waals surface area contributed by atoms with Crippen molar-refractivity contribution in [3.8, 4) is 11.1 Å². The molecule has 4 rings (SSSR count). The lowest BCUT2D eigenvalue weighted by Crippen LogP contribution is -2.82. The van der Waals surface area contributed by atoms with E-state index in [-0.39, 0.29) is 32.1 Å². The molecule has 7 heteroatoms. The maximum atomic E-state index is 12.6. The fourth-order valence-electron chi connectivity index (χ4n) is 5.80. The molecular weight excluding hydrogens is 408 g/mol. The molecule has 168 valence electrons. The Labute approximate surface area is 187 Å². The number of carbonyl (C=O) groups excluding carboxylic acids is 3. The van der Waals surface area contributed by atoms with E-state index in [1.807, 2.05) is 48.5 Å². The standard InChI is InChI=1S/C25H28N2O5/c1-25(2,3)27(24(31)32)13-12-26(23(29)30,14-17(27)16-28)15-22-20-10-6-4-8-18(20)19-9-5-7-11-21(19)22/h4-11,16-17,22H,12-15H2,1-3H3. The lowest BCUT2D eigenvalue weighted by atomic mass is 9.91. The highest BCUT2D eigenvalue weighted by atomic mass is 16.4. The second-order valence-electron chi connectivity index (χ2n) is 9.96. The highest BCUT2D eigenvalue weighted by molar-refractivity contribution is 5.79. The first kappa shape index (κ1) is 22.2. The molecule has 1 fully saturated rings. The fraction of sp³-hybridized carbons (Fsp3) is 0.400. The van der Waals surface area contributed by atoms with E-state index in [0.29, 0.717) is 6.29 Å². The van der Waals surface area contributed by atoms with Crippen molar-refractivity contribution in [2.75, 3.05) is 26.2 Å². The Balaban J connectivity index is 1.77. The quantitative estimate of drug-likeness (QED) is 0.537. The number of piperazine rings is 1. The van der Waals surface area contributed by atoms with Gasteiger partial charge in [0.2, 0.25) is 6.04 Å². The van der Waals surface area contributed by atoms with Crippen LogP contribution in [0.2, 0.25) is 0 Å². The average molecular weight is 437 g/mol. The molecule has 0 bridgehead atoms. The predicted molar refractivity (Wildman–Crippen MR) is 114 cm³/mol. The van der Waals surface area contributed by atoms with Crippen LogP contribution in [0.25, 0.3) is 11.1 Å². The Morgan fingerprint density at radius 3 is 1.91 bits per heavy atom. The van der Waals surface area contributed by atoms with Crippen LogP contribution in [0, 0.1) is 0 Å². The fourth-order valence-corrected chi connectivity index (χ4v) is 5.80. The molecule has 0 saturated carbocycles. The molecular formula is C25H28N2O5. The third-order valence-electron chi connectivity index (χ3n) is 7.55. The van der Waals surface area contributed by atoms with Gasteiger partial charge in [0, 0.05) is 0 Å². The zero-order chi connectivity index (χ0) is 23.3. The van der Waals surface area contributed by atoms with Crippen molar-refractivity contribution in [2.24, 2.45) is 0 Å². The van der Waals surface area contributed by atoms with Crippen molar-refractivity contribution < 1.29 is 33.6 Å². The molecule has 2 aromatic carbocycles. The number of quaternary nitrogens is 2. The Hall–Kier alpha value is -3.03. The van der Waals surface area contributed by atoms with E-state index in [1.165, 1.54) is 0 Å². The number of fused-ring (bicyclic) bond motifs is 3. The Bertz CT molecular complexity index is 1050. The van der Waals surface area contributed by atoms with Gasteiger partial charge in [0.25, 0.3) is 12.2 Å². The molecule has 0 radical (unpaired) electrons. The van der Waals surface area contributed by atoms with E-state index < -0.39 is 32.7 Å². The molecule has 1 aliphatic heterocycles. The number of benzene rings is 2. The first-order valence-electron chi connectivity index (χ1n) is 10.9. The summed E-state index contributed by atoms with van der Waals surface area (Å²) in [6.45, 7) is 5.26. The van der Waals surface area contributed by atoms with Crippen LogP contribution >= 0.6 is 0 Å². The van der Waals surface area contributed by atoms with Crippen LogP contribution in [0.15, 0.2) is 48.5 Å². The highest BCUT2D eigenvalue weighted by Crippen LogP contribution is 2.46. The summed E-state index contributed by atoms with van der Waals surface area (Å²) in [5.41, 5.74) is 3.39. The summed E-state index contributed by atoms with van der Waals surface area (Å²) in [5, 5.41) is 24.8. The van der Waals surface area contributed by atoms with Gasteiger partial charge in [-0.3, -0.25) is 13.8 Å². The minimum absolute atomic E-state index is 0.0285. The second-order valence-corrected chi connectivity index (χ2v) is 9.96. The summed E-state index contributed by atoms with van der Waals surface area (Å²) in [4.78, 5) is 37.0. The van der Waals surface area contributed by atoms with Crippen molar-refractivity contribution in [1.82, 2.24) is 0 Å². The van der Waals surface area contributed by atoms with Gasteiger partial charge in [0.15, 0.2) is 6.29 Å². The van der Waals surface area contributed by atoms with Gasteiger partial charge in [-0.1, -0.05) is 48.5 Å². The lowest BCUT2D eigenvalue weighted by Gasteiger charge is -2.57. The monoisotopic (exact) mass is 436 g/mol. The number of rotatable bonds is 3. The SMILES string of the molecule is CC(C)(C)[N+]1(C(=O)[O-])CC[N+](CC2c3ccccc3-c3ccccc32)(C(=O)[O-])CC1C=O. The minimum atomic E-state index is -1.36. The summed E-state index contributed by atoms with van der Waals surface area (Å²) in [6.07, 6.45) is -2.07. The van der Waals surface area contributed by atoms with Crippen LogP contribution in [0.1, 0.15) is 37.8 Å². The van der Waals surface area contributed by atoms with E-state index in [1.54, 1.807) is 20.8 Å². The largest absolute Gasteiger partial charge is 0.498 e. The number of amides is 2. The van der Waals surface area contributed by atoms with Gasteiger partial charge in [-0.25, -0.2) is 0 Å². The van der Waals surface area contributed by atoms with Crippen LogP contribution in [0.3, 0.4) is 0 Å². The van der Waals surface area contributed by atoms with Gasteiger partial charge >= 0.3 is 0 Å². The van der Waals surface area contributed by atoms with Crippen LogP contribution in [-0.2, 0) is 4.79 Å². The van der Waals surface area contributed by atoms with Crippen molar-refractivity contribution in [3.05, 3.63) is 59.7 Å². The van der Waals surface area contributed by atoms with E-state index in [0.717, 1.165) is 22.3 Å². The third kappa shape index (κ3) is 3.07. The topological polar surface area (TPSA) is 97.3 Å². The Morgan fingerprint density at radius 1 is 0.938 bits per heavy atom. The van der Waals surface area contributed by atoms with Crippen molar-refractivity contribution in [3.63, 3.8) is 0 Å². The highest BCUT2D eigenvalue weighted by Gasteiger charge is 2.58. The van der Waals surface area contributed by atoms with E-state index in [4.69, 9.17) is 0 Å². The molecule has 1 saturated heterocycles. The summed E-state index contributed by atoms with van der Waals surface area (Å²) >= 11 is 0. The van der Waals surface area contributed by atoms with Crippen molar-refractivity contribution in [1.29, 1.82) is 0 Å². The normalized spacial score (nSPS) is 27.4. The van der Waals surface area contributed by atoms with E-state index in [9.17, 15) is 24.6 Å². The molecule has 0 N–H and O–H groups in total. The lowest BCUT2D eigenvalue weighted by molar-refractivity contribution is -1.01. The first-order valence-corrected chi connectivity index (χ1v) is 10.9. The van der Waals surface area contributed by atoms with Gasteiger partial charge < -0.3 is 19.8 Å². The number of nitrogens with zero attached hydrogens (tertiary/aromatic N) is 2. The summed E-state index contributed by atoms with van der Waals surface area (Å²) in [7, 11) is 0.